The maximum atomic E-state index is 12.8. The van der Waals surface area contributed by atoms with Crippen LogP contribution in [-0.4, -0.2) is 32.8 Å². The number of benzene rings is 2. The first-order valence-corrected chi connectivity index (χ1v) is 9.05. The van der Waals surface area contributed by atoms with Crippen LogP contribution < -0.4 is 9.64 Å². The summed E-state index contributed by atoms with van der Waals surface area (Å²) in [6.07, 6.45) is 1.41. The molecule has 1 aliphatic rings. The van der Waals surface area contributed by atoms with E-state index in [9.17, 15) is 19.7 Å². The summed E-state index contributed by atoms with van der Waals surface area (Å²) < 4.78 is 5.50. The lowest BCUT2D eigenvalue weighted by atomic mass is 10.1. The van der Waals surface area contributed by atoms with Crippen molar-refractivity contribution in [2.24, 2.45) is 0 Å². The highest BCUT2D eigenvalue weighted by Crippen LogP contribution is 2.37. The molecule has 28 heavy (non-hydrogen) atoms. The van der Waals surface area contributed by atoms with Gasteiger partial charge in [0.15, 0.2) is 10.9 Å². The highest BCUT2D eigenvalue weighted by Gasteiger charge is 2.33. The first kappa shape index (κ1) is 19.5. The third-order valence-corrected chi connectivity index (χ3v) is 4.95. The van der Waals surface area contributed by atoms with Crippen LogP contribution in [0.5, 0.6) is 5.75 Å². The van der Waals surface area contributed by atoms with Gasteiger partial charge in [-0.3, -0.25) is 19.8 Å². The Bertz CT molecular complexity index is 1010. The Kier molecular flexibility index (Phi) is 5.71. The van der Waals surface area contributed by atoms with E-state index in [-0.39, 0.29) is 27.8 Å². The van der Waals surface area contributed by atoms with Gasteiger partial charge in [0.05, 0.1) is 15.5 Å². The molecule has 1 aliphatic heterocycles. The van der Waals surface area contributed by atoms with Gasteiger partial charge in [-0.1, -0.05) is 42.2 Å². The van der Waals surface area contributed by atoms with Crippen molar-refractivity contribution in [2.75, 3.05) is 11.5 Å². The van der Waals surface area contributed by atoms with E-state index in [1.807, 2.05) is 6.07 Å². The standard InChI is InChI=1S/C18H12N2O6S2/c21-16(22)10-26-14-7-6-13(20(24)25)8-11(14)9-15-17(23)19(18(27)28-15)12-4-2-1-3-5-12/h1-9H,10H2,(H,21,22). The van der Waals surface area contributed by atoms with E-state index in [2.05, 4.69) is 0 Å². The van der Waals surface area contributed by atoms with Gasteiger partial charge >= 0.3 is 5.97 Å². The molecule has 1 heterocycles. The van der Waals surface area contributed by atoms with Crippen molar-refractivity contribution in [1.29, 1.82) is 0 Å². The van der Waals surface area contributed by atoms with Crippen LogP contribution in [-0.2, 0) is 9.59 Å². The predicted molar refractivity (Wildman–Crippen MR) is 108 cm³/mol. The molecular formula is C18H12N2O6S2. The zero-order valence-corrected chi connectivity index (χ0v) is 15.7. The number of anilines is 1. The zero-order chi connectivity index (χ0) is 20.3. The summed E-state index contributed by atoms with van der Waals surface area (Å²) in [7, 11) is 0. The number of thiocarbonyl (C=S) groups is 1. The third kappa shape index (κ3) is 4.18. The van der Waals surface area contributed by atoms with E-state index in [0.29, 0.717) is 10.0 Å². The summed E-state index contributed by atoms with van der Waals surface area (Å²) in [5, 5.41) is 19.9. The fraction of sp³-hybridized carbons (Fsp3) is 0.0556. The second-order valence-corrected chi connectivity index (χ2v) is 7.19. The van der Waals surface area contributed by atoms with E-state index < -0.39 is 17.5 Å². The number of carbonyl (C=O) groups excluding carboxylic acids is 1. The largest absolute Gasteiger partial charge is 0.481 e. The van der Waals surface area contributed by atoms with Crippen LogP contribution in [0.1, 0.15) is 5.56 Å². The number of rotatable bonds is 6. The number of hydrogen-bond acceptors (Lipinski definition) is 7. The van der Waals surface area contributed by atoms with Crippen molar-refractivity contribution in [3.8, 4) is 5.75 Å². The summed E-state index contributed by atoms with van der Waals surface area (Å²) in [5.41, 5.74) is 0.603. The van der Waals surface area contributed by atoms with Crippen LogP contribution >= 0.6 is 24.0 Å². The molecule has 8 nitrogen and oxygen atoms in total. The summed E-state index contributed by atoms with van der Waals surface area (Å²) in [6.45, 7) is -0.621. The maximum absolute atomic E-state index is 12.8. The molecule has 3 rings (SSSR count). The summed E-state index contributed by atoms with van der Waals surface area (Å²) in [4.78, 5) is 35.7. The van der Waals surface area contributed by atoms with Crippen molar-refractivity contribution in [3.63, 3.8) is 0 Å². The molecule has 0 aliphatic carbocycles. The molecule has 1 saturated heterocycles. The number of nitro groups is 1. The number of thioether (sulfide) groups is 1. The molecule has 10 heteroatoms. The molecule has 0 aromatic heterocycles. The summed E-state index contributed by atoms with van der Waals surface area (Å²) in [5.74, 6) is -1.46. The number of ether oxygens (including phenoxy) is 1. The third-order valence-electron chi connectivity index (χ3n) is 3.65. The Hall–Kier alpha value is -3.24. The highest BCUT2D eigenvalue weighted by molar-refractivity contribution is 8.27. The Labute approximate surface area is 168 Å². The Morgan fingerprint density at radius 1 is 1.29 bits per heavy atom. The van der Waals surface area contributed by atoms with E-state index in [1.54, 1.807) is 24.3 Å². The number of hydrogen-bond donors (Lipinski definition) is 1. The quantitative estimate of drug-likeness (QED) is 0.330. The minimum atomic E-state index is -1.19. The van der Waals surface area contributed by atoms with Crippen molar-refractivity contribution in [2.45, 2.75) is 0 Å². The molecule has 0 saturated carbocycles. The number of para-hydroxylation sites is 1. The first-order chi connectivity index (χ1) is 13.4. The van der Waals surface area contributed by atoms with Crippen LogP contribution in [0.2, 0.25) is 0 Å². The SMILES string of the molecule is O=C(O)COc1ccc([N+](=O)[O-])cc1C=C1SC(=S)N(c2ccccc2)C1=O. The van der Waals surface area contributed by atoms with Gasteiger partial charge < -0.3 is 9.84 Å². The van der Waals surface area contributed by atoms with Crippen LogP contribution in [0.25, 0.3) is 6.08 Å². The maximum Gasteiger partial charge on any atom is 0.341 e. The van der Waals surface area contributed by atoms with Gasteiger partial charge in [0, 0.05) is 17.7 Å². The zero-order valence-electron chi connectivity index (χ0n) is 14.1. The number of nitro benzene ring substituents is 1. The van der Waals surface area contributed by atoms with E-state index in [1.165, 1.54) is 29.2 Å². The van der Waals surface area contributed by atoms with Crippen molar-refractivity contribution in [1.82, 2.24) is 0 Å². The summed E-state index contributed by atoms with van der Waals surface area (Å²) >= 11 is 6.33. The Morgan fingerprint density at radius 2 is 2.00 bits per heavy atom. The van der Waals surface area contributed by atoms with Gasteiger partial charge in [0.2, 0.25) is 0 Å². The molecule has 2 aromatic carbocycles. The predicted octanol–water partition coefficient (Wildman–Crippen LogP) is 3.46. The lowest BCUT2D eigenvalue weighted by Crippen LogP contribution is -2.27. The summed E-state index contributed by atoms with van der Waals surface area (Å²) in [6, 6.07) is 12.5. The molecule has 0 bridgehead atoms. The van der Waals surface area contributed by atoms with E-state index in [4.69, 9.17) is 22.1 Å². The second-order valence-electron chi connectivity index (χ2n) is 5.51. The van der Waals surface area contributed by atoms with Gasteiger partial charge in [-0.15, -0.1) is 0 Å². The number of aliphatic carboxylic acids is 1. The molecule has 0 unspecified atom stereocenters. The molecule has 1 fully saturated rings. The Balaban J connectivity index is 1.98. The lowest BCUT2D eigenvalue weighted by Gasteiger charge is -2.13. The highest BCUT2D eigenvalue weighted by atomic mass is 32.2. The number of non-ortho nitro benzene ring substituents is 1. The molecule has 1 N–H and O–H groups in total. The van der Waals surface area contributed by atoms with Gasteiger partial charge in [-0.2, -0.15) is 0 Å². The average Bonchev–Trinajstić information content (AvgIpc) is 2.94. The first-order valence-electron chi connectivity index (χ1n) is 7.83. The van der Waals surface area contributed by atoms with E-state index in [0.717, 1.165) is 11.8 Å². The van der Waals surface area contributed by atoms with Crippen LogP contribution in [0, 0.1) is 10.1 Å². The number of carboxylic acids is 1. The average molecular weight is 416 g/mol. The lowest BCUT2D eigenvalue weighted by molar-refractivity contribution is -0.384. The van der Waals surface area contributed by atoms with Gasteiger partial charge in [-0.05, 0) is 24.3 Å². The number of carbonyl (C=O) groups is 2. The molecule has 0 spiro atoms. The van der Waals surface area contributed by atoms with Gasteiger partial charge in [0.25, 0.3) is 11.6 Å². The smallest absolute Gasteiger partial charge is 0.341 e. The van der Waals surface area contributed by atoms with Gasteiger partial charge in [-0.25, -0.2) is 4.79 Å². The minimum Gasteiger partial charge on any atom is -0.481 e. The number of carboxylic acid groups (broad SMARTS) is 1. The fourth-order valence-corrected chi connectivity index (χ4v) is 3.73. The Morgan fingerprint density at radius 3 is 2.64 bits per heavy atom. The van der Waals surface area contributed by atoms with E-state index >= 15 is 0 Å². The van der Waals surface area contributed by atoms with Crippen LogP contribution in [0.3, 0.4) is 0 Å². The second kappa shape index (κ2) is 8.19. The number of amides is 1. The molecular weight excluding hydrogens is 404 g/mol. The van der Waals surface area contributed by atoms with Crippen molar-refractivity contribution < 1.29 is 24.4 Å². The van der Waals surface area contributed by atoms with Crippen molar-refractivity contribution >= 4 is 57.6 Å². The minimum absolute atomic E-state index is 0.109. The van der Waals surface area contributed by atoms with Crippen molar-refractivity contribution in [3.05, 3.63) is 69.1 Å². The van der Waals surface area contributed by atoms with Crippen LogP contribution in [0.4, 0.5) is 11.4 Å². The molecule has 0 radical (unpaired) electrons. The topological polar surface area (TPSA) is 110 Å². The normalized spacial score (nSPS) is 15.1. The van der Waals surface area contributed by atoms with Gasteiger partial charge in [0.1, 0.15) is 5.75 Å². The fourth-order valence-electron chi connectivity index (χ4n) is 2.44. The van der Waals surface area contributed by atoms with Crippen LogP contribution in [0.15, 0.2) is 53.4 Å². The molecule has 2 aromatic rings. The molecule has 1 amide bonds. The number of nitrogens with zero attached hydrogens (tertiary/aromatic N) is 2. The monoisotopic (exact) mass is 416 g/mol. The molecule has 142 valence electrons. The molecule has 0 atom stereocenters.